The second-order valence-electron chi connectivity index (χ2n) is 7.16. The molecule has 0 atom stereocenters. The third-order valence-electron chi connectivity index (χ3n) is 5.42. The van der Waals surface area contributed by atoms with Crippen molar-refractivity contribution in [2.24, 2.45) is 0 Å². The maximum absolute atomic E-state index is 9.97. The molecular formula is C21H28N6O2. The fraction of sp³-hybridized carbons (Fsp3) is 0.476. The normalized spacial score (nSPS) is 14.8. The number of aromatic hydroxyl groups is 1. The minimum absolute atomic E-state index is 0.211. The summed E-state index contributed by atoms with van der Waals surface area (Å²) in [6, 6.07) is 7.15. The van der Waals surface area contributed by atoms with E-state index in [2.05, 4.69) is 33.2 Å². The molecule has 0 aliphatic carbocycles. The van der Waals surface area contributed by atoms with Gasteiger partial charge in [-0.2, -0.15) is 4.98 Å². The molecule has 1 saturated heterocycles. The molecule has 8 heteroatoms. The molecular weight excluding hydrogens is 368 g/mol. The molecule has 1 aliphatic heterocycles. The quantitative estimate of drug-likeness (QED) is 0.657. The van der Waals surface area contributed by atoms with Gasteiger partial charge in [0.2, 0.25) is 5.95 Å². The molecule has 1 N–H and O–H groups in total. The van der Waals surface area contributed by atoms with Crippen LogP contribution in [0.2, 0.25) is 0 Å². The van der Waals surface area contributed by atoms with Gasteiger partial charge in [-0.1, -0.05) is 26.0 Å². The predicted octanol–water partition coefficient (Wildman–Crippen LogP) is 2.38. The van der Waals surface area contributed by atoms with Crippen LogP contribution in [0.15, 0.2) is 30.6 Å². The Balaban J connectivity index is 1.78. The summed E-state index contributed by atoms with van der Waals surface area (Å²) in [4.78, 5) is 18.9. The Kier molecular flexibility index (Phi) is 5.92. The summed E-state index contributed by atoms with van der Waals surface area (Å²) in [6.45, 7) is 11.0. The third-order valence-corrected chi connectivity index (χ3v) is 5.42. The van der Waals surface area contributed by atoms with Crippen LogP contribution >= 0.6 is 0 Å². The van der Waals surface area contributed by atoms with Gasteiger partial charge < -0.3 is 24.2 Å². The first-order valence-electron chi connectivity index (χ1n) is 10.3. The van der Waals surface area contributed by atoms with Crippen molar-refractivity contribution in [3.8, 4) is 17.0 Å². The molecule has 1 aromatic carbocycles. The van der Waals surface area contributed by atoms with E-state index in [1.165, 1.54) is 0 Å². The zero-order valence-electron chi connectivity index (χ0n) is 17.1. The Morgan fingerprint density at radius 1 is 1.14 bits per heavy atom. The number of phenols is 1. The molecule has 3 aromatic rings. The number of nitrogens with zero attached hydrogens (tertiary/aromatic N) is 6. The van der Waals surface area contributed by atoms with Gasteiger partial charge in [0.05, 0.1) is 19.5 Å². The van der Waals surface area contributed by atoms with Crippen LogP contribution in [0.4, 0.5) is 5.95 Å². The van der Waals surface area contributed by atoms with Crippen molar-refractivity contribution in [2.45, 2.75) is 20.4 Å². The molecule has 0 bridgehead atoms. The molecule has 4 rings (SSSR count). The van der Waals surface area contributed by atoms with E-state index in [-0.39, 0.29) is 5.75 Å². The zero-order valence-corrected chi connectivity index (χ0v) is 17.1. The van der Waals surface area contributed by atoms with Gasteiger partial charge in [-0.15, -0.1) is 0 Å². The topological polar surface area (TPSA) is 79.5 Å². The summed E-state index contributed by atoms with van der Waals surface area (Å²) in [5.74, 6) is 0.895. The lowest BCUT2D eigenvalue weighted by Crippen LogP contribution is -2.37. The molecule has 0 spiro atoms. The van der Waals surface area contributed by atoms with Crippen molar-refractivity contribution in [2.75, 3.05) is 50.8 Å². The summed E-state index contributed by atoms with van der Waals surface area (Å²) in [7, 11) is 0. The lowest BCUT2D eigenvalue weighted by atomic mass is 10.1. The maximum Gasteiger partial charge on any atom is 0.228 e. The Hall–Kier alpha value is -2.71. The van der Waals surface area contributed by atoms with E-state index < -0.39 is 0 Å². The van der Waals surface area contributed by atoms with Gasteiger partial charge in [0.25, 0.3) is 0 Å². The van der Waals surface area contributed by atoms with Crippen LogP contribution in [0.3, 0.4) is 0 Å². The van der Waals surface area contributed by atoms with Crippen LogP contribution in [-0.4, -0.2) is 75.5 Å². The molecule has 0 unspecified atom stereocenters. The van der Waals surface area contributed by atoms with E-state index in [0.29, 0.717) is 19.2 Å². The number of morpholine rings is 1. The van der Waals surface area contributed by atoms with E-state index in [1.807, 2.05) is 18.5 Å². The minimum atomic E-state index is 0.211. The first-order valence-corrected chi connectivity index (χ1v) is 10.3. The highest BCUT2D eigenvalue weighted by Gasteiger charge is 2.20. The third kappa shape index (κ3) is 4.18. The van der Waals surface area contributed by atoms with Crippen molar-refractivity contribution in [1.82, 2.24) is 24.4 Å². The van der Waals surface area contributed by atoms with E-state index in [1.54, 1.807) is 12.1 Å². The van der Waals surface area contributed by atoms with Gasteiger partial charge in [-0.25, -0.2) is 9.97 Å². The summed E-state index contributed by atoms with van der Waals surface area (Å²) >= 11 is 0. The molecule has 1 aliphatic rings. The molecule has 154 valence electrons. The molecule has 29 heavy (non-hydrogen) atoms. The Morgan fingerprint density at radius 2 is 1.93 bits per heavy atom. The molecule has 0 saturated carbocycles. The lowest BCUT2D eigenvalue weighted by Gasteiger charge is -2.27. The standard InChI is InChI=1S/C21H28N6O2/c1-3-25(4-2)8-9-27-15-22-19-18(16-6-5-7-17(28)14-16)23-21(24-20(19)27)26-10-12-29-13-11-26/h5-7,14-15,28H,3-4,8-13H2,1-2H3. The molecule has 3 heterocycles. The molecule has 2 aromatic heterocycles. The van der Waals surface area contributed by atoms with E-state index >= 15 is 0 Å². The molecule has 0 radical (unpaired) electrons. The number of phenolic OH excluding ortho intramolecular Hbond substituents is 1. The molecule has 1 fully saturated rings. The van der Waals surface area contributed by atoms with Crippen LogP contribution in [0.1, 0.15) is 13.8 Å². The molecule has 8 nitrogen and oxygen atoms in total. The Labute approximate surface area is 170 Å². The number of fused-ring (bicyclic) bond motifs is 1. The summed E-state index contributed by atoms with van der Waals surface area (Å²) in [6.07, 6.45) is 1.85. The first-order chi connectivity index (χ1) is 14.2. The number of ether oxygens (including phenoxy) is 1. The van der Waals surface area contributed by atoms with Crippen molar-refractivity contribution in [1.29, 1.82) is 0 Å². The highest BCUT2D eigenvalue weighted by Crippen LogP contribution is 2.29. The highest BCUT2D eigenvalue weighted by atomic mass is 16.5. The van der Waals surface area contributed by atoms with Crippen LogP contribution in [0.25, 0.3) is 22.4 Å². The SMILES string of the molecule is CCN(CC)CCn1cnc2c(-c3cccc(O)c3)nc(N3CCOCC3)nc21. The average Bonchev–Trinajstić information content (AvgIpc) is 3.17. The minimum Gasteiger partial charge on any atom is -0.508 e. The second kappa shape index (κ2) is 8.75. The number of aromatic nitrogens is 4. The van der Waals surface area contributed by atoms with Gasteiger partial charge in [0.15, 0.2) is 5.65 Å². The Bertz CT molecular complexity index is 963. The second-order valence-corrected chi connectivity index (χ2v) is 7.16. The summed E-state index contributed by atoms with van der Waals surface area (Å²) in [5, 5.41) is 9.97. The number of likely N-dealkylation sites (N-methyl/N-ethyl adjacent to an activating group) is 1. The zero-order chi connectivity index (χ0) is 20.2. The van der Waals surface area contributed by atoms with Gasteiger partial charge in [0, 0.05) is 31.7 Å². The average molecular weight is 396 g/mol. The summed E-state index contributed by atoms with van der Waals surface area (Å²) < 4.78 is 7.59. The van der Waals surface area contributed by atoms with Crippen LogP contribution < -0.4 is 4.90 Å². The van der Waals surface area contributed by atoms with E-state index in [4.69, 9.17) is 14.7 Å². The number of benzene rings is 1. The fourth-order valence-electron chi connectivity index (χ4n) is 3.64. The van der Waals surface area contributed by atoms with Gasteiger partial charge >= 0.3 is 0 Å². The monoisotopic (exact) mass is 396 g/mol. The molecule has 0 amide bonds. The predicted molar refractivity (Wildman–Crippen MR) is 113 cm³/mol. The van der Waals surface area contributed by atoms with Crippen molar-refractivity contribution >= 4 is 17.1 Å². The summed E-state index contributed by atoms with van der Waals surface area (Å²) in [5.41, 5.74) is 3.16. The Morgan fingerprint density at radius 3 is 2.66 bits per heavy atom. The van der Waals surface area contributed by atoms with Crippen molar-refractivity contribution in [3.05, 3.63) is 30.6 Å². The number of rotatable bonds is 7. The fourth-order valence-corrected chi connectivity index (χ4v) is 3.64. The van der Waals surface area contributed by atoms with Crippen LogP contribution in [0, 0.1) is 0 Å². The lowest BCUT2D eigenvalue weighted by molar-refractivity contribution is 0.122. The highest BCUT2D eigenvalue weighted by molar-refractivity contribution is 5.88. The van der Waals surface area contributed by atoms with Crippen molar-refractivity contribution in [3.63, 3.8) is 0 Å². The van der Waals surface area contributed by atoms with Gasteiger partial charge in [-0.3, -0.25) is 0 Å². The maximum atomic E-state index is 9.97. The van der Waals surface area contributed by atoms with Crippen molar-refractivity contribution < 1.29 is 9.84 Å². The number of anilines is 1. The van der Waals surface area contributed by atoms with Gasteiger partial charge in [-0.05, 0) is 25.2 Å². The van der Waals surface area contributed by atoms with Crippen LogP contribution in [-0.2, 0) is 11.3 Å². The number of imidazole rings is 1. The number of hydrogen-bond acceptors (Lipinski definition) is 7. The first kappa shape index (κ1) is 19.6. The smallest absolute Gasteiger partial charge is 0.228 e. The largest absolute Gasteiger partial charge is 0.508 e. The number of hydrogen-bond donors (Lipinski definition) is 1. The van der Waals surface area contributed by atoms with Crippen LogP contribution in [0.5, 0.6) is 5.75 Å². The van der Waals surface area contributed by atoms with Gasteiger partial charge in [0.1, 0.15) is 17.0 Å². The van der Waals surface area contributed by atoms with E-state index in [9.17, 15) is 5.11 Å². The van der Waals surface area contributed by atoms with E-state index in [0.717, 1.165) is 61.7 Å².